The van der Waals surface area contributed by atoms with Crippen LogP contribution in [-0.2, 0) is 0 Å². The maximum absolute atomic E-state index is 12.1. The van der Waals surface area contributed by atoms with E-state index in [2.05, 4.69) is 36.1 Å². The summed E-state index contributed by atoms with van der Waals surface area (Å²) in [5.41, 5.74) is 8.73. The number of benzene rings is 2. The molecule has 0 bridgehead atoms. The van der Waals surface area contributed by atoms with Gasteiger partial charge in [0.25, 0.3) is 5.91 Å². The molecule has 162 valence electrons. The van der Waals surface area contributed by atoms with E-state index in [9.17, 15) is 4.79 Å². The van der Waals surface area contributed by atoms with Crippen molar-refractivity contribution in [1.29, 1.82) is 0 Å². The van der Waals surface area contributed by atoms with Crippen LogP contribution in [0.25, 0.3) is 10.9 Å². The van der Waals surface area contributed by atoms with E-state index < -0.39 is 0 Å². The van der Waals surface area contributed by atoms with Crippen LogP contribution in [0.1, 0.15) is 34.8 Å². The van der Waals surface area contributed by atoms with Gasteiger partial charge in [-0.05, 0) is 49.2 Å². The summed E-state index contributed by atoms with van der Waals surface area (Å²) in [4.78, 5) is 21.4. The van der Waals surface area contributed by atoms with E-state index in [0.717, 1.165) is 28.1 Å². The molecule has 1 saturated carbocycles. The van der Waals surface area contributed by atoms with E-state index in [1.807, 2.05) is 42.5 Å². The van der Waals surface area contributed by atoms with Crippen LogP contribution in [0.5, 0.6) is 0 Å². The molecule has 2 aromatic heterocycles. The quantitative estimate of drug-likeness (QED) is 0.290. The molecule has 1 amide bonds. The van der Waals surface area contributed by atoms with Crippen molar-refractivity contribution in [3.05, 3.63) is 65.9 Å². The number of nitrogens with zero attached hydrogens (tertiary/aromatic N) is 3. The van der Waals surface area contributed by atoms with Crippen molar-refractivity contribution in [2.24, 2.45) is 5.73 Å². The summed E-state index contributed by atoms with van der Waals surface area (Å²) in [6.07, 6.45) is 2.42. The number of fused-ring (bicyclic) bond motifs is 1. The number of rotatable bonds is 8. The van der Waals surface area contributed by atoms with Gasteiger partial charge < -0.3 is 21.7 Å². The lowest BCUT2D eigenvalue weighted by atomic mass is 10.2. The number of amides is 1. The molecule has 0 atom stereocenters. The molecule has 1 aliphatic rings. The zero-order valence-corrected chi connectivity index (χ0v) is 17.4. The molecule has 9 nitrogen and oxygen atoms in total. The largest absolute Gasteiger partial charge is 0.351 e. The molecule has 1 aliphatic carbocycles. The Labute approximate surface area is 184 Å². The predicted octanol–water partition coefficient (Wildman–Crippen LogP) is 3.41. The number of anilines is 4. The first kappa shape index (κ1) is 20.0. The van der Waals surface area contributed by atoms with Gasteiger partial charge in [0.1, 0.15) is 5.82 Å². The first-order valence-electron chi connectivity index (χ1n) is 10.6. The van der Waals surface area contributed by atoms with E-state index in [1.165, 1.54) is 12.8 Å². The van der Waals surface area contributed by atoms with Gasteiger partial charge in [0.2, 0.25) is 5.95 Å². The van der Waals surface area contributed by atoms with Crippen molar-refractivity contribution in [2.75, 3.05) is 23.7 Å². The summed E-state index contributed by atoms with van der Waals surface area (Å²) >= 11 is 0. The Balaban J connectivity index is 1.38. The highest BCUT2D eigenvalue weighted by molar-refractivity contribution is 5.94. The summed E-state index contributed by atoms with van der Waals surface area (Å²) in [6, 6.07) is 17.0. The summed E-state index contributed by atoms with van der Waals surface area (Å²) in [5.74, 6) is 2.29. The van der Waals surface area contributed by atoms with E-state index in [4.69, 9.17) is 5.73 Å². The zero-order chi connectivity index (χ0) is 21.9. The Morgan fingerprint density at radius 3 is 2.66 bits per heavy atom. The molecule has 9 heteroatoms. The predicted molar refractivity (Wildman–Crippen MR) is 124 cm³/mol. The van der Waals surface area contributed by atoms with Crippen LogP contribution in [0.2, 0.25) is 0 Å². The Morgan fingerprint density at radius 2 is 1.88 bits per heavy atom. The fourth-order valence-electron chi connectivity index (χ4n) is 3.48. The molecule has 5 rings (SSSR count). The number of H-pyrrole nitrogens is 1. The van der Waals surface area contributed by atoms with E-state index in [1.54, 1.807) is 12.1 Å². The average Bonchev–Trinajstić information content (AvgIpc) is 3.57. The van der Waals surface area contributed by atoms with Gasteiger partial charge in [0, 0.05) is 47.4 Å². The molecule has 0 aliphatic heterocycles. The van der Waals surface area contributed by atoms with E-state index >= 15 is 0 Å². The lowest BCUT2D eigenvalue weighted by Crippen LogP contribution is -2.28. The van der Waals surface area contributed by atoms with Gasteiger partial charge in [0.15, 0.2) is 5.82 Å². The lowest BCUT2D eigenvalue weighted by molar-refractivity contribution is 0.0955. The molecule has 32 heavy (non-hydrogen) atoms. The third kappa shape index (κ3) is 4.37. The Kier molecular flexibility index (Phi) is 5.39. The van der Waals surface area contributed by atoms with E-state index in [-0.39, 0.29) is 5.91 Å². The highest BCUT2D eigenvalue weighted by Crippen LogP contribution is 2.39. The number of aromatic amines is 1. The maximum Gasteiger partial charge on any atom is 0.251 e. The highest BCUT2D eigenvalue weighted by atomic mass is 16.1. The summed E-state index contributed by atoms with van der Waals surface area (Å²) < 4.78 is 0. The van der Waals surface area contributed by atoms with Gasteiger partial charge in [0.05, 0.1) is 5.52 Å². The molecular weight excluding hydrogens is 404 g/mol. The minimum absolute atomic E-state index is 0.153. The second-order valence-electron chi connectivity index (χ2n) is 7.77. The lowest BCUT2D eigenvalue weighted by Gasteiger charge is -2.11. The number of hydrogen-bond acceptors (Lipinski definition) is 7. The smallest absolute Gasteiger partial charge is 0.251 e. The Hall–Kier alpha value is -3.98. The van der Waals surface area contributed by atoms with Crippen molar-refractivity contribution >= 4 is 40.1 Å². The third-order valence-corrected chi connectivity index (χ3v) is 5.30. The normalized spacial score (nSPS) is 13.2. The maximum atomic E-state index is 12.1. The van der Waals surface area contributed by atoms with Crippen molar-refractivity contribution in [2.45, 2.75) is 18.8 Å². The highest BCUT2D eigenvalue weighted by Gasteiger charge is 2.25. The second-order valence-corrected chi connectivity index (χ2v) is 7.77. The number of para-hydroxylation sites is 1. The molecule has 0 saturated heterocycles. The SMILES string of the molecule is NCCNC(=O)c1ccc(Nc2nc(Nc3cc(C4CC4)[nH]n3)c3ccccc3n2)cc1. The van der Waals surface area contributed by atoms with Crippen LogP contribution in [-0.4, -0.2) is 39.2 Å². The molecule has 2 heterocycles. The van der Waals surface area contributed by atoms with Gasteiger partial charge in [-0.25, -0.2) is 4.98 Å². The molecule has 6 N–H and O–H groups in total. The first-order valence-corrected chi connectivity index (χ1v) is 10.6. The topological polar surface area (TPSA) is 134 Å². The fraction of sp³-hybridized carbons (Fsp3) is 0.217. The summed E-state index contributed by atoms with van der Waals surface area (Å²) in [5, 5.41) is 17.7. The summed E-state index contributed by atoms with van der Waals surface area (Å²) in [6.45, 7) is 0.846. The van der Waals surface area contributed by atoms with Crippen LogP contribution in [0.15, 0.2) is 54.6 Å². The zero-order valence-electron chi connectivity index (χ0n) is 17.4. The molecule has 4 aromatic rings. The van der Waals surface area contributed by atoms with Crippen LogP contribution in [0, 0.1) is 0 Å². The van der Waals surface area contributed by atoms with Gasteiger partial charge in [-0.15, -0.1) is 0 Å². The molecule has 2 aromatic carbocycles. The second kappa shape index (κ2) is 8.64. The van der Waals surface area contributed by atoms with Crippen LogP contribution in [0.4, 0.5) is 23.3 Å². The molecule has 0 unspecified atom stereocenters. The number of carbonyl (C=O) groups is 1. The molecular formula is C23H24N8O. The molecule has 0 radical (unpaired) electrons. The molecule has 1 fully saturated rings. The number of nitrogens with two attached hydrogens (primary N) is 1. The van der Waals surface area contributed by atoms with Crippen LogP contribution in [0.3, 0.4) is 0 Å². The van der Waals surface area contributed by atoms with Crippen LogP contribution < -0.4 is 21.7 Å². The molecule has 0 spiro atoms. The van der Waals surface area contributed by atoms with Gasteiger partial charge in [-0.2, -0.15) is 10.1 Å². The van der Waals surface area contributed by atoms with Crippen molar-refractivity contribution in [3.63, 3.8) is 0 Å². The van der Waals surface area contributed by atoms with Gasteiger partial charge in [-0.3, -0.25) is 9.89 Å². The Bertz CT molecular complexity index is 1250. The minimum Gasteiger partial charge on any atom is -0.351 e. The average molecular weight is 429 g/mol. The van der Waals surface area contributed by atoms with Gasteiger partial charge in [-0.1, -0.05) is 12.1 Å². The minimum atomic E-state index is -0.153. The van der Waals surface area contributed by atoms with Crippen molar-refractivity contribution in [1.82, 2.24) is 25.5 Å². The monoisotopic (exact) mass is 428 g/mol. The van der Waals surface area contributed by atoms with Crippen molar-refractivity contribution in [3.8, 4) is 0 Å². The summed E-state index contributed by atoms with van der Waals surface area (Å²) in [7, 11) is 0. The number of aromatic nitrogens is 4. The van der Waals surface area contributed by atoms with Crippen molar-refractivity contribution < 1.29 is 4.79 Å². The number of hydrogen-bond donors (Lipinski definition) is 5. The third-order valence-electron chi connectivity index (χ3n) is 5.30. The first-order chi connectivity index (χ1) is 15.7. The van der Waals surface area contributed by atoms with E-state index in [0.29, 0.717) is 36.3 Å². The fourth-order valence-corrected chi connectivity index (χ4v) is 3.48. The number of carbonyl (C=O) groups excluding carboxylic acids is 1. The van der Waals surface area contributed by atoms with Crippen LogP contribution >= 0.6 is 0 Å². The van der Waals surface area contributed by atoms with Gasteiger partial charge >= 0.3 is 0 Å². The standard InChI is InChI=1S/C23H24N8O/c24-11-12-25-22(32)15-7-9-16(10-8-15)26-23-27-18-4-2-1-3-17(18)21(29-23)28-20-13-19(30-31-20)14-5-6-14/h1-4,7-10,13-14H,5-6,11-12,24H2,(H,25,32)(H3,26,27,28,29,30,31). The number of nitrogens with one attached hydrogen (secondary N) is 4. The Morgan fingerprint density at radius 1 is 1.06 bits per heavy atom.